The van der Waals surface area contributed by atoms with Crippen molar-refractivity contribution in [3.05, 3.63) is 0 Å². The van der Waals surface area contributed by atoms with Gasteiger partial charge in [-0.25, -0.2) is 0 Å². The summed E-state index contributed by atoms with van der Waals surface area (Å²) in [6.07, 6.45) is 1.15. The van der Waals surface area contributed by atoms with Gasteiger partial charge in [0, 0.05) is 11.3 Å². The van der Waals surface area contributed by atoms with E-state index in [0.29, 0.717) is 11.3 Å². The van der Waals surface area contributed by atoms with E-state index in [-0.39, 0.29) is 5.41 Å². The van der Waals surface area contributed by atoms with Gasteiger partial charge in [0.15, 0.2) is 0 Å². The fourth-order valence-corrected chi connectivity index (χ4v) is 1.23. The van der Waals surface area contributed by atoms with Gasteiger partial charge in [0.05, 0.1) is 0 Å². The van der Waals surface area contributed by atoms with E-state index in [1.165, 1.54) is 0 Å². The second-order valence-electron chi connectivity index (χ2n) is 5.85. The Balaban J connectivity index is 4.53. The van der Waals surface area contributed by atoms with Crippen LogP contribution in [-0.2, 0) is 0 Å². The molecule has 0 aliphatic carbocycles. The zero-order valence-electron chi connectivity index (χ0n) is 10.3. The van der Waals surface area contributed by atoms with Gasteiger partial charge in [0.25, 0.3) is 0 Å². The van der Waals surface area contributed by atoms with Gasteiger partial charge in [-0.15, -0.1) is 0 Å². The molecule has 0 bridgehead atoms. The molecule has 0 rings (SSSR count). The molecule has 0 aromatic rings. The quantitative estimate of drug-likeness (QED) is 0.533. The zero-order valence-corrected chi connectivity index (χ0v) is 10.3. The molecule has 0 amide bonds. The molecule has 0 saturated carbocycles. The third-order valence-corrected chi connectivity index (χ3v) is 2.08. The fraction of sp³-hybridized carbons (Fsp3) is 0.846. The first-order valence-corrected chi connectivity index (χ1v) is 5.19. The molecular weight excluding hydrogens is 156 g/mol. The maximum Gasteiger partial charge on any atom is 0.0248 e. The summed E-state index contributed by atoms with van der Waals surface area (Å²) in [4.78, 5) is 0. The van der Waals surface area contributed by atoms with Crippen molar-refractivity contribution >= 4 is 0 Å². The molecule has 0 aromatic carbocycles. The van der Waals surface area contributed by atoms with Gasteiger partial charge in [0.2, 0.25) is 0 Å². The molecule has 0 N–H and O–H groups in total. The maximum absolute atomic E-state index is 3.40. The smallest absolute Gasteiger partial charge is 0.0248 e. The largest absolute Gasteiger partial charge is 0.0988 e. The van der Waals surface area contributed by atoms with Gasteiger partial charge in [-0.05, 0) is 32.6 Å². The summed E-state index contributed by atoms with van der Waals surface area (Å²) in [5, 5.41) is 0. The van der Waals surface area contributed by atoms with E-state index in [9.17, 15) is 0 Å². The number of hydrogen-bond donors (Lipinski definition) is 0. The van der Waals surface area contributed by atoms with Crippen molar-refractivity contribution in [3.8, 4) is 11.8 Å². The van der Waals surface area contributed by atoms with Gasteiger partial charge in [-0.1, -0.05) is 39.5 Å². The van der Waals surface area contributed by atoms with Gasteiger partial charge >= 0.3 is 0 Å². The Kier molecular flexibility index (Phi) is 4.04. The zero-order chi connectivity index (χ0) is 10.7. The third-order valence-electron chi connectivity index (χ3n) is 2.08. The first-order valence-electron chi connectivity index (χ1n) is 5.19. The van der Waals surface area contributed by atoms with Crippen LogP contribution >= 0.6 is 0 Å². The van der Waals surface area contributed by atoms with Crippen LogP contribution < -0.4 is 0 Å². The Morgan fingerprint density at radius 2 is 1.46 bits per heavy atom. The first kappa shape index (κ1) is 12.6. The van der Waals surface area contributed by atoms with E-state index in [1.54, 1.807) is 0 Å². The third kappa shape index (κ3) is 5.75. The Morgan fingerprint density at radius 3 is 1.69 bits per heavy atom. The summed E-state index contributed by atoms with van der Waals surface area (Å²) in [5.41, 5.74) is 0.450. The second-order valence-corrected chi connectivity index (χ2v) is 5.85. The van der Waals surface area contributed by atoms with Crippen LogP contribution in [-0.4, -0.2) is 0 Å². The lowest BCUT2D eigenvalue weighted by molar-refractivity contribution is 0.295. The maximum atomic E-state index is 3.40. The average Bonchev–Trinajstić information content (AvgIpc) is 1.82. The summed E-state index contributed by atoms with van der Waals surface area (Å²) < 4.78 is 0. The molecular formula is C13H24. The van der Waals surface area contributed by atoms with Crippen LogP contribution in [0.4, 0.5) is 0 Å². The lowest BCUT2D eigenvalue weighted by Crippen LogP contribution is -2.18. The van der Waals surface area contributed by atoms with E-state index < -0.39 is 0 Å². The van der Waals surface area contributed by atoms with Crippen molar-refractivity contribution in [2.24, 2.45) is 16.7 Å². The van der Waals surface area contributed by atoms with Crippen molar-refractivity contribution in [3.63, 3.8) is 0 Å². The average molecular weight is 180 g/mol. The van der Waals surface area contributed by atoms with E-state index in [0.717, 1.165) is 6.42 Å². The van der Waals surface area contributed by atoms with E-state index >= 15 is 0 Å². The molecule has 0 heteroatoms. The number of rotatable bonds is 1. The van der Waals surface area contributed by atoms with Crippen molar-refractivity contribution in [2.45, 2.75) is 54.9 Å². The minimum absolute atomic E-state index is 0.138. The van der Waals surface area contributed by atoms with Crippen molar-refractivity contribution in [1.29, 1.82) is 0 Å². The van der Waals surface area contributed by atoms with Crippen LogP contribution in [0.2, 0.25) is 0 Å². The summed E-state index contributed by atoms with van der Waals surface area (Å²) in [7, 11) is 0. The van der Waals surface area contributed by atoms with E-state index in [4.69, 9.17) is 0 Å². The predicted octanol–water partition coefficient (Wildman–Crippen LogP) is 4.11. The minimum atomic E-state index is 0.138. The highest BCUT2D eigenvalue weighted by Gasteiger charge is 2.20. The van der Waals surface area contributed by atoms with Gasteiger partial charge in [-0.2, -0.15) is 0 Å². The van der Waals surface area contributed by atoms with Gasteiger partial charge in [-0.3, -0.25) is 0 Å². The second kappa shape index (κ2) is 4.18. The molecule has 13 heavy (non-hydrogen) atoms. The molecule has 0 nitrogen and oxygen atoms in total. The molecule has 0 aliphatic heterocycles. The SMILES string of the molecule is CCC(C#CC(C)(C)C)C(C)(C)C. The molecule has 0 radical (unpaired) electrons. The summed E-state index contributed by atoms with van der Waals surface area (Å²) >= 11 is 0. The van der Waals surface area contributed by atoms with Gasteiger partial charge in [0.1, 0.15) is 0 Å². The normalized spacial score (nSPS) is 14.7. The summed E-state index contributed by atoms with van der Waals surface area (Å²) in [6.45, 7) is 15.5. The molecule has 1 unspecified atom stereocenters. The first-order chi connectivity index (χ1) is 5.67. The lowest BCUT2D eigenvalue weighted by Gasteiger charge is -2.25. The molecule has 0 spiro atoms. The fourth-order valence-electron chi connectivity index (χ4n) is 1.23. The Hall–Kier alpha value is -0.440. The monoisotopic (exact) mass is 180 g/mol. The highest BCUT2D eigenvalue weighted by Crippen LogP contribution is 2.28. The molecule has 0 saturated heterocycles. The van der Waals surface area contributed by atoms with Gasteiger partial charge < -0.3 is 0 Å². The van der Waals surface area contributed by atoms with Crippen LogP contribution in [0.5, 0.6) is 0 Å². The predicted molar refractivity (Wildman–Crippen MR) is 60.5 cm³/mol. The molecule has 76 valence electrons. The topological polar surface area (TPSA) is 0 Å². The number of hydrogen-bond acceptors (Lipinski definition) is 0. The standard InChI is InChI=1S/C13H24/c1-8-11(13(5,6)7)9-10-12(2,3)4/h11H,8H2,1-7H3. The van der Waals surface area contributed by atoms with E-state index in [2.05, 4.69) is 60.3 Å². The van der Waals surface area contributed by atoms with E-state index in [1.807, 2.05) is 0 Å². The van der Waals surface area contributed by atoms with Crippen molar-refractivity contribution in [2.75, 3.05) is 0 Å². The lowest BCUT2D eigenvalue weighted by atomic mass is 9.79. The Morgan fingerprint density at radius 1 is 1.00 bits per heavy atom. The Labute approximate surface area is 84.1 Å². The highest BCUT2D eigenvalue weighted by atomic mass is 14.2. The molecule has 0 heterocycles. The summed E-state index contributed by atoms with van der Waals surface area (Å²) in [5.74, 6) is 7.25. The molecule has 1 atom stereocenters. The molecule has 0 aromatic heterocycles. The minimum Gasteiger partial charge on any atom is -0.0988 e. The van der Waals surface area contributed by atoms with Crippen LogP contribution in [0.25, 0.3) is 0 Å². The van der Waals surface area contributed by atoms with Crippen LogP contribution in [0.15, 0.2) is 0 Å². The summed E-state index contributed by atoms with van der Waals surface area (Å²) in [6, 6.07) is 0. The van der Waals surface area contributed by atoms with Crippen LogP contribution in [0.1, 0.15) is 54.9 Å². The molecule has 0 aliphatic rings. The highest BCUT2D eigenvalue weighted by molar-refractivity contribution is 5.12. The van der Waals surface area contributed by atoms with Crippen molar-refractivity contribution < 1.29 is 0 Å². The van der Waals surface area contributed by atoms with Crippen LogP contribution in [0.3, 0.4) is 0 Å². The molecule has 0 fully saturated rings. The van der Waals surface area contributed by atoms with Crippen LogP contribution in [0, 0.1) is 28.6 Å². The Bertz CT molecular complexity index is 199. The van der Waals surface area contributed by atoms with Crippen molar-refractivity contribution in [1.82, 2.24) is 0 Å².